The summed E-state index contributed by atoms with van der Waals surface area (Å²) in [5.41, 5.74) is 6.68. The largest absolute Gasteiger partial charge is 0.417 e. The average Bonchev–Trinajstić information content (AvgIpc) is 4.23. The highest BCUT2D eigenvalue weighted by Gasteiger charge is 2.56. The molecule has 8 aromatic rings. The number of nitrogen functional groups attached to an aromatic ring is 1. The van der Waals surface area contributed by atoms with E-state index in [1.807, 2.05) is 0 Å². The number of benzene rings is 4. The van der Waals surface area contributed by atoms with Gasteiger partial charge in [0.2, 0.25) is 0 Å². The molecule has 4 aromatic heterocycles. The van der Waals surface area contributed by atoms with Crippen LogP contribution in [-0.4, -0.2) is 64.7 Å². The summed E-state index contributed by atoms with van der Waals surface area (Å²) >= 11 is 23.5. The zero-order valence-corrected chi connectivity index (χ0v) is 49.1. The van der Waals surface area contributed by atoms with Crippen LogP contribution in [0.2, 0.25) is 10.3 Å². The van der Waals surface area contributed by atoms with Crippen LogP contribution in [0.4, 0.5) is 43.4 Å². The van der Waals surface area contributed by atoms with Crippen LogP contribution in [0.1, 0.15) is 102 Å². The number of aryl methyl sites for hydroxylation is 4. The van der Waals surface area contributed by atoms with E-state index >= 15 is 0 Å². The number of anilines is 3. The summed E-state index contributed by atoms with van der Waals surface area (Å²) in [6.45, 7) is 8.94. The van der Waals surface area contributed by atoms with Crippen molar-refractivity contribution in [2.45, 2.75) is 78.8 Å². The van der Waals surface area contributed by atoms with Crippen LogP contribution in [0, 0.1) is 27.7 Å². The second-order valence-electron chi connectivity index (χ2n) is 18.1. The maximum absolute atomic E-state index is 14.4. The Morgan fingerprint density at radius 3 is 1.35 bits per heavy atom. The molecule has 0 saturated carbocycles. The smallest absolute Gasteiger partial charge is 0.398 e. The fourth-order valence-electron chi connectivity index (χ4n) is 8.01. The van der Waals surface area contributed by atoms with Crippen molar-refractivity contribution in [2.24, 2.45) is 0 Å². The lowest BCUT2D eigenvalue weighted by molar-refractivity contribution is -0.198. The van der Waals surface area contributed by atoms with Gasteiger partial charge in [0.25, 0.3) is 17.1 Å². The van der Waals surface area contributed by atoms with Gasteiger partial charge >= 0.3 is 12.4 Å². The van der Waals surface area contributed by atoms with Gasteiger partial charge in [-0.2, -0.15) is 36.5 Å². The van der Waals surface area contributed by atoms with E-state index in [0.29, 0.717) is 65.0 Å². The number of ketones is 1. The number of hydrogen-bond donors (Lipinski definition) is 3. The minimum Gasteiger partial charge on any atom is -0.398 e. The number of nitrogens with two attached hydrogens (primary N) is 1. The molecule has 25 heteroatoms. The Morgan fingerprint density at radius 1 is 0.605 bits per heavy atom. The maximum Gasteiger partial charge on any atom is 0.417 e. The van der Waals surface area contributed by atoms with Crippen LogP contribution in [0.3, 0.4) is 0 Å². The van der Waals surface area contributed by atoms with Crippen molar-refractivity contribution in [1.82, 2.24) is 29.5 Å². The number of nitrogens with zero attached hydrogens (tertiary/aromatic N) is 6. The fraction of sp³-hybridized carbons (Fsp3) is 0.214. The molecule has 0 aliphatic carbocycles. The minimum absolute atomic E-state index is 0. The van der Waals surface area contributed by atoms with Crippen molar-refractivity contribution in [3.05, 3.63) is 215 Å². The predicted molar refractivity (Wildman–Crippen MR) is 313 cm³/mol. The number of alkyl halides is 6. The third kappa shape index (κ3) is 15.5. The number of aromatic nitrogens is 6. The molecule has 0 saturated heterocycles. The molecule has 2 amide bonds. The van der Waals surface area contributed by atoms with Gasteiger partial charge in [0, 0.05) is 59.4 Å². The van der Waals surface area contributed by atoms with Crippen LogP contribution in [-0.2, 0) is 17.5 Å². The van der Waals surface area contributed by atoms with Crippen molar-refractivity contribution < 1.29 is 45.5 Å². The Balaban J connectivity index is 0.000000284. The number of rotatable bonds is 12. The van der Waals surface area contributed by atoms with Crippen molar-refractivity contribution in [3.8, 4) is 0 Å². The van der Waals surface area contributed by atoms with E-state index in [9.17, 15) is 45.5 Å². The second-order valence-corrected chi connectivity index (χ2v) is 21.0. The van der Waals surface area contributed by atoms with E-state index < -0.39 is 40.5 Å². The summed E-state index contributed by atoms with van der Waals surface area (Å²) in [5.74, 6) is -1.13. The van der Waals surface area contributed by atoms with E-state index in [0.717, 1.165) is 23.2 Å². The van der Waals surface area contributed by atoms with Crippen LogP contribution < -0.4 is 16.4 Å². The Morgan fingerprint density at radius 2 is 0.988 bits per heavy atom. The van der Waals surface area contributed by atoms with Crippen LogP contribution in [0.15, 0.2) is 143 Å². The third-order valence-electron chi connectivity index (χ3n) is 12.7. The van der Waals surface area contributed by atoms with Crippen molar-refractivity contribution in [1.29, 1.82) is 0 Å². The number of pyridine rings is 2. The molecule has 4 aromatic carbocycles. The molecule has 0 aliphatic rings. The minimum atomic E-state index is -4.64. The molecule has 0 spiro atoms. The van der Waals surface area contributed by atoms with Crippen molar-refractivity contribution in [3.63, 3.8) is 0 Å². The summed E-state index contributed by atoms with van der Waals surface area (Å²) in [4.78, 5) is 56.5. The van der Waals surface area contributed by atoms with Gasteiger partial charge in [-0.05, 0) is 179 Å². The average molecular weight is 1330 g/mol. The van der Waals surface area contributed by atoms with Gasteiger partial charge in [-0.3, -0.25) is 28.5 Å². The number of carbonyl (C=O) groups is 4. The lowest BCUT2D eigenvalue weighted by Crippen LogP contribution is -2.46. The van der Waals surface area contributed by atoms with E-state index in [2.05, 4.69) is 62.7 Å². The van der Waals surface area contributed by atoms with Gasteiger partial charge in [0.15, 0.2) is 16.9 Å². The summed E-state index contributed by atoms with van der Waals surface area (Å²) in [6.07, 6.45) is -0.981. The third-order valence-corrected chi connectivity index (χ3v) is 14.3. The summed E-state index contributed by atoms with van der Waals surface area (Å²) in [5, 5.41) is 12.6. The number of Topliss-reactive ketones (excluding diaryl/α,β-unsaturated/α-hetero) is 1. The van der Waals surface area contributed by atoms with E-state index in [-0.39, 0.29) is 64.6 Å². The van der Waals surface area contributed by atoms with Gasteiger partial charge in [-0.15, -0.1) is 12.4 Å². The standard InChI is InChI=1S/C28H23BrClF3N4O2.C14H15BrF3N3.C13H8Cl2N2O2.CH4.ClH/c1-16-10-19(27(3,28(31,32)33)37-15-20(29)14-35-37)11-17(2)23(16)13-24(38)18-6-4-7-21(12-18)36-26(39)22-8-5-9-34-25(22)30;1-8-4-10(5-9(2)12(8)19)13(3,14(16,17)18)21-7-11(15)6-20-21;14-11-10(5-2-6-16-11)13(19)17-9-4-1-3-8(7-9)12(15)18;;/h4-12,14-15H,13H2,1-3H3,(H,36,39);4-7H,19H2,1-3H3;1-7H,(H,17,19);1H4;1H. The normalized spacial score (nSPS) is 12.6. The van der Waals surface area contributed by atoms with Gasteiger partial charge in [0.05, 0.1) is 32.5 Å². The molecule has 0 fully saturated rings. The summed E-state index contributed by atoms with van der Waals surface area (Å²) in [7, 11) is 0. The first-order valence-corrected chi connectivity index (χ1v) is 26.0. The molecule has 0 bridgehead atoms. The number of hydrogen-bond acceptors (Lipinski definition) is 9. The molecule has 13 nitrogen and oxygen atoms in total. The lowest BCUT2D eigenvalue weighted by Gasteiger charge is -2.34. The Kier molecular flexibility index (Phi) is 22.7. The zero-order chi connectivity index (χ0) is 58.4. The first-order valence-electron chi connectivity index (χ1n) is 23.3. The first kappa shape index (κ1) is 66.9. The Labute approximate surface area is 500 Å². The quantitative estimate of drug-likeness (QED) is 0.0353. The van der Waals surface area contributed by atoms with Gasteiger partial charge < -0.3 is 16.4 Å². The SMILES string of the molecule is C.Cc1cc(C(C)(n2cc(Br)cn2)C(F)(F)F)cc(C)c1CC(=O)c1cccc(NC(=O)c2cccnc2Cl)c1.Cc1cc(C(C)(n2cc(Br)cn2)C(F)(F)F)cc(C)c1N.Cl.O=C(Cl)c1cccc(NC(=O)c2cccnc2Cl)c1. The molecular formula is C56H51Br2Cl4F6N9O4. The molecule has 2 atom stereocenters. The molecule has 0 aliphatic heterocycles. The molecular weight excluding hydrogens is 1280 g/mol. The highest BCUT2D eigenvalue weighted by Crippen LogP contribution is 2.45. The number of carbonyl (C=O) groups excluding carboxylic acids is 4. The number of halogens is 12. The van der Waals surface area contributed by atoms with Gasteiger partial charge in [-0.1, -0.05) is 73.1 Å². The zero-order valence-electron chi connectivity index (χ0n) is 42.9. The van der Waals surface area contributed by atoms with Crippen molar-refractivity contribution in [2.75, 3.05) is 16.4 Å². The summed E-state index contributed by atoms with van der Waals surface area (Å²) in [6, 6.07) is 24.8. The monoisotopic (exact) mass is 1330 g/mol. The van der Waals surface area contributed by atoms with Gasteiger partial charge in [-0.25, -0.2) is 9.97 Å². The van der Waals surface area contributed by atoms with Crippen LogP contribution in [0.5, 0.6) is 0 Å². The highest BCUT2D eigenvalue weighted by atomic mass is 79.9. The lowest BCUT2D eigenvalue weighted by atomic mass is 9.85. The highest BCUT2D eigenvalue weighted by molar-refractivity contribution is 9.10. The molecule has 428 valence electrons. The van der Waals surface area contributed by atoms with E-state index in [4.69, 9.17) is 40.5 Å². The summed E-state index contributed by atoms with van der Waals surface area (Å²) < 4.78 is 87.0. The number of nitrogens with one attached hydrogen (secondary N) is 2. The Hall–Kier alpha value is -6.62. The molecule has 4 heterocycles. The number of amides is 2. The molecule has 81 heavy (non-hydrogen) atoms. The predicted octanol–water partition coefficient (Wildman–Crippen LogP) is 15.9. The fourth-order valence-corrected chi connectivity index (χ4v) is 9.11. The topological polar surface area (TPSA) is 180 Å². The van der Waals surface area contributed by atoms with Gasteiger partial charge in [0.1, 0.15) is 10.3 Å². The van der Waals surface area contributed by atoms with Crippen LogP contribution in [0.25, 0.3) is 0 Å². The second kappa shape index (κ2) is 27.4. The van der Waals surface area contributed by atoms with Crippen LogP contribution >= 0.6 is 79.1 Å². The first-order chi connectivity index (χ1) is 37.0. The molecule has 4 N–H and O–H groups in total. The molecule has 8 rings (SSSR count). The maximum atomic E-state index is 14.4. The molecule has 2 unspecified atom stereocenters. The van der Waals surface area contributed by atoms with E-state index in [1.54, 1.807) is 88.4 Å². The Bertz CT molecular complexity index is 3550. The van der Waals surface area contributed by atoms with E-state index in [1.165, 1.54) is 73.6 Å². The molecule has 0 radical (unpaired) electrons. The van der Waals surface area contributed by atoms with Crippen molar-refractivity contribution >= 4 is 119 Å².